The Morgan fingerprint density at radius 3 is 2.00 bits per heavy atom. The van der Waals surface area contributed by atoms with Crippen LogP contribution in [0.25, 0.3) is 11.0 Å². The molecule has 0 aliphatic rings. The van der Waals surface area contributed by atoms with Crippen molar-refractivity contribution in [2.75, 3.05) is 0 Å². The molecule has 0 saturated heterocycles. The average Bonchev–Trinajstić information content (AvgIpc) is 2.73. The molecular weight excluding hydrogens is 525 g/mol. The van der Waals surface area contributed by atoms with Gasteiger partial charge in [-0.05, 0) is 70.6 Å². The number of alkyl halides is 3. The van der Waals surface area contributed by atoms with E-state index in [-0.39, 0.29) is 12.1 Å². The average molecular weight is 530 g/mol. The number of aryl methyl sites for hydroxylation is 1. The van der Waals surface area contributed by atoms with Gasteiger partial charge < -0.3 is 4.57 Å². The molecule has 0 fully saturated rings. The second-order valence-corrected chi connectivity index (χ2v) is 6.80. The fraction of sp³-hybridized carbons (Fsp3) is 0.300. The van der Waals surface area contributed by atoms with Crippen molar-refractivity contribution in [3.05, 3.63) is 23.7 Å². The Hall–Kier alpha value is 0.400. The normalized spacial score (nSPS) is 12.4. The minimum absolute atomic E-state index is 0.171. The van der Waals surface area contributed by atoms with Gasteiger partial charge in [0.25, 0.3) is 0 Å². The second-order valence-electron chi connectivity index (χ2n) is 3.63. The monoisotopic (exact) mass is 526 g/mol. The van der Waals surface area contributed by atoms with Crippen molar-refractivity contribution in [1.29, 1.82) is 0 Å². The standard InChI is InChI=1S/C10H5Br4F3N2/c1-2-19-8-6(14)4(12)3(11)5(13)7(8)18-9(19)10(15,16)17/h2H2,1H3. The Balaban J connectivity index is 3.00. The van der Waals surface area contributed by atoms with Crippen LogP contribution in [0.1, 0.15) is 12.7 Å². The Bertz CT molecular complexity index is 663. The van der Waals surface area contributed by atoms with Crippen LogP contribution in [0, 0.1) is 0 Å². The zero-order valence-electron chi connectivity index (χ0n) is 9.25. The van der Waals surface area contributed by atoms with E-state index in [1.54, 1.807) is 6.92 Å². The first-order valence-corrected chi connectivity index (χ1v) is 8.16. The summed E-state index contributed by atoms with van der Waals surface area (Å²) in [4.78, 5) is 3.73. The van der Waals surface area contributed by atoms with Gasteiger partial charge in [-0.2, -0.15) is 13.2 Å². The SMILES string of the molecule is CCn1c(C(F)(F)F)nc2c(Br)c(Br)c(Br)c(Br)c21. The highest BCUT2D eigenvalue weighted by Gasteiger charge is 2.38. The first-order chi connectivity index (χ1) is 8.70. The summed E-state index contributed by atoms with van der Waals surface area (Å²) in [6.45, 7) is 1.82. The van der Waals surface area contributed by atoms with Crippen LogP contribution >= 0.6 is 63.7 Å². The largest absolute Gasteiger partial charge is 0.449 e. The lowest BCUT2D eigenvalue weighted by atomic mass is 10.3. The van der Waals surface area contributed by atoms with E-state index in [0.29, 0.717) is 23.4 Å². The molecule has 0 radical (unpaired) electrons. The van der Waals surface area contributed by atoms with E-state index in [4.69, 9.17) is 0 Å². The van der Waals surface area contributed by atoms with Crippen LogP contribution in [-0.4, -0.2) is 9.55 Å². The minimum atomic E-state index is -4.49. The number of aromatic nitrogens is 2. The molecule has 0 aliphatic heterocycles. The molecule has 19 heavy (non-hydrogen) atoms. The van der Waals surface area contributed by atoms with Gasteiger partial charge in [0.1, 0.15) is 5.52 Å². The fourth-order valence-corrected chi connectivity index (χ4v) is 4.13. The lowest BCUT2D eigenvalue weighted by molar-refractivity contribution is -0.146. The zero-order valence-corrected chi connectivity index (χ0v) is 15.6. The van der Waals surface area contributed by atoms with Gasteiger partial charge >= 0.3 is 6.18 Å². The number of imidazole rings is 1. The number of benzene rings is 1. The predicted octanol–water partition coefficient (Wildman–Crippen LogP) is 6.13. The molecule has 9 heteroatoms. The molecular formula is C10H5Br4F3N2. The molecule has 0 aliphatic carbocycles. The Morgan fingerprint density at radius 1 is 1.00 bits per heavy atom. The summed E-state index contributed by atoms with van der Waals surface area (Å²) in [5.41, 5.74) is 0.660. The number of nitrogens with zero attached hydrogens (tertiary/aromatic N) is 2. The quantitative estimate of drug-likeness (QED) is 0.321. The summed E-state index contributed by atoms with van der Waals surface area (Å²) in [7, 11) is 0. The number of fused-ring (bicyclic) bond motifs is 1. The van der Waals surface area contributed by atoms with E-state index < -0.39 is 12.0 Å². The summed E-state index contributed by atoms with van der Waals surface area (Å²) in [6.07, 6.45) is -4.49. The van der Waals surface area contributed by atoms with Crippen LogP contribution in [0.15, 0.2) is 17.9 Å². The van der Waals surface area contributed by atoms with E-state index in [0.717, 1.165) is 4.57 Å². The first kappa shape index (κ1) is 15.8. The molecule has 1 aromatic heterocycles. The number of hydrogen-bond acceptors (Lipinski definition) is 1. The molecule has 2 nitrogen and oxygen atoms in total. The van der Waals surface area contributed by atoms with Gasteiger partial charge in [-0.25, -0.2) is 4.98 Å². The maximum absolute atomic E-state index is 13.0. The van der Waals surface area contributed by atoms with Crippen LogP contribution in [0.4, 0.5) is 13.2 Å². The van der Waals surface area contributed by atoms with Gasteiger partial charge in [-0.15, -0.1) is 0 Å². The highest BCUT2D eigenvalue weighted by atomic mass is 79.9. The predicted molar refractivity (Wildman–Crippen MR) is 81.2 cm³/mol. The molecule has 2 aromatic rings. The van der Waals surface area contributed by atoms with Crippen molar-refractivity contribution in [2.24, 2.45) is 0 Å². The summed E-state index contributed by atoms with van der Waals surface area (Å²) in [5.74, 6) is -0.906. The van der Waals surface area contributed by atoms with E-state index in [2.05, 4.69) is 68.7 Å². The Labute approximate surface area is 140 Å². The number of rotatable bonds is 1. The topological polar surface area (TPSA) is 17.8 Å². The summed E-state index contributed by atoms with van der Waals surface area (Å²) in [6, 6.07) is 0. The van der Waals surface area contributed by atoms with Crippen LogP contribution in [0.3, 0.4) is 0 Å². The minimum Gasteiger partial charge on any atom is -0.320 e. The van der Waals surface area contributed by atoms with Gasteiger partial charge in [-0.3, -0.25) is 0 Å². The molecule has 0 N–H and O–H groups in total. The highest BCUT2D eigenvalue weighted by molar-refractivity contribution is 9.15. The Morgan fingerprint density at radius 2 is 1.53 bits per heavy atom. The maximum atomic E-state index is 13.0. The highest BCUT2D eigenvalue weighted by Crippen LogP contribution is 2.45. The molecule has 0 unspecified atom stereocenters. The molecule has 0 amide bonds. The smallest absolute Gasteiger partial charge is 0.320 e. The van der Waals surface area contributed by atoms with Crippen molar-refractivity contribution in [1.82, 2.24) is 9.55 Å². The lowest BCUT2D eigenvalue weighted by Gasteiger charge is -2.10. The van der Waals surface area contributed by atoms with Gasteiger partial charge in [0.05, 0.1) is 14.5 Å². The molecule has 104 valence electrons. The van der Waals surface area contributed by atoms with Crippen LogP contribution in [0.5, 0.6) is 0 Å². The van der Waals surface area contributed by atoms with Gasteiger partial charge in [0.2, 0.25) is 5.82 Å². The molecule has 2 rings (SSSR count). The number of hydrogen-bond donors (Lipinski definition) is 0. The van der Waals surface area contributed by atoms with Gasteiger partial charge in [-0.1, -0.05) is 0 Å². The molecule has 1 heterocycles. The van der Waals surface area contributed by atoms with E-state index in [1.165, 1.54) is 0 Å². The summed E-state index contributed by atoms with van der Waals surface area (Å²) >= 11 is 13.2. The Kier molecular flexibility index (Phi) is 4.41. The third kappa shape index (κ3) is 2.51. The van der Waals surface area contributed by atoms with Crippen molar-refractivity contribution < 1.29 is 13.2 Å². The van der Waals surface area contributed by atoms with Crippen molar-refractivity contribution in [3.63, 3.8) is 0 Å². The summed E-state index contributed by atoms with van der Waals surface area (Å²) in [5, 5.41) is 0. The maximum Gasteiger partial charge on any atom is 0.449 e. The van der Waals surface area contributed by atoms with Gasteiger partial charge in [0.15, 0.2) is 0 Å². The van der Waals surface area contributed by atoms with Crippen LogP contribution in [-0.2, 0) is 12.7 Å². The van der Waals surface area contributed by atoms with Gasteiger partial charge in [0, 0.05) is 15.5 Å². The van der Waals surface area contributed by atoms with Crippen molar-refractivity contribution in [2.45, 2.75) is 19.6 Å². The zero-order chi connectivity index (χ0) is 14.5. The lowest BCUT2D eigenvalue weighted by Crippen LogP contribution is -2.14. The van der Waals surface area contributed by atoms with Crippen LogP contribution in [0.2, 0.25) is 0 Å². The van der Waals surface area contributed by atoms with E-state index in [9.17, 15) is 13.2 Å². The van der Waals surface area contributed by atoms with Crippen LogP contribution < -0.4 is 0 Å². The molecule has 0 saturated carbocycles. The molecule has 1 aromatic carbocycles. The van der Waals surface area contributed by atoms with E-state index in [1.807, 2.05) is 0 Å². The van der Waals surface area contributed by atoms with Crippen molar-refractivity contribution >= 4 is 74.8 Å². The van der Waals surface area contributed by atoms with E-state index >= 15 is 0 Å². The first-order valence-electron chi connectivity index (χ1n) is 4.99. The third-order valence-corrected chi connectivity index (χ3v) is 7.26. The fourth-order valence-electron chi connectivity index (χ4n) is 1.75. The number of halogens is 7. The molecule has 0 bridgehead atoms. The second kappa shape index (κ2) is 5.31. The molecule has 0 spiro atoms. The third-order valence-electron chi connectivity index (χ3n) is 2.53. The van der Waals surface area contributed by atoms with Crippen molar-refractivity contribution in [3.8, 4) is 0 Å². The molecule has 0 atom stereocenters. The summed E-state index contributed by atoms with van der Waals surface area (Å²) < 4.78 is 42.4.